The van der Waals surface area contributed by atoms with E-state index in [2.05, 4.69) is 5.43 Å². The van der Waals surface area contributed by atoms with Crippen LogP contribution in [0.2, 0.25) is 0 Å². The van der Waals surface area contributed by atoms with Crippen LogP contribution in [0.3, 0.4) is 0 Å². The molecule has 2 N–H and O–H groups in total. The molecular formula is C9H10N2O. The largest absolute Gasteiger partial charge is 0.506 e. The quantitative estimate of drug-likeness (QED) is 0.667. The Hall–Kier alpha value is -1.64. The fourth-order valence-electron chi connectivity index (χ4n) is 1.36. The van der Waals surface area contributed by atoms with Crippen molar-refractivity contribution in [1.29, 1.82) is 0 Å². The number of hydrogen-bond acceptors (Lipinski definition) is 2. The van der Waals surface area contributed by atoms with Gasteiger partial charge in [-0.25, -0.2) is 0 Å². The van der Waals surface area contributed by atoms with Gasteiger partial charge >= 0.3 is 0 Å². The summed E-state index contributed by atoms with van der Waals surface area (Å²) in [6, 6.07) is 7.42. The minimum absolute atomic E-state index is 0.298. The summed E-state index contributed by atoms with van der Waals surface area (Å²) in [6.45, 7) is 0. The van der Waals surface area contributed by atoms with Gasteiger partial charge in [0.1, 0.15) is 11.3 Å². The minimum atomic E-state index is 0.298. The average Bonchev–Trinajstić information content (AvgIpc) is 2.49. The molecule has 0 fully saturated rings. The molecule has 0 radical (unpaired) electrons. The third-order valence-corrected chi connectivity index (χ3v) is 1.93. The number of nitrogens with one attached hydrogen (secondary N) is 1. The Bertz CT molecular complexity index is 406. The normalized spacial score (nSPS) is 10.4. The fourth-order valence-corrected chi connectivity index (χ4v) is 1.36. The molecule has 3 nitrogen and oxygen atoms in total. The lowest BCUT2D eigenvalue weighted by molar-refractivity contribution is 0.479. The van der Waals surface area contributed by atoms with Gasteiger partial charge in [-0.05, 0) is 12.1 Å². The Kier molecular flexibility index (Phi) is 1.43. The molecule has 12 heavy (non-hydrogen) atoms. The molecule has 0 amide bonds. The van der Waals surface area contributed by atoms with E-state index in [4.69, 9.17) is 0 Å². The molecule has 1 heterocycles. The number of hydrogen-bond donors (Lipinski definition) is 2. The topological polar surface area (TPSA) is 37.2 Å². The number of fused-ring (bicyclic) bond motifs is 1. The number of benzene rings is 1. The van der Waals surface area contributed by atoms with Gasteiger partial charge in [0.15, 0.2) is 0 Å². The van der Waals surface area contributed by atoms with E-state index in [1.165, 1.54) is 0 Å². The zero-order valence-electron chi connectivity index (χ0n) is 6.78. The molecule has 0 aliphatic heterocycles. The monoisotopic (exact) mass is 162 g/mol. The van der Waals surface area contributed by atoms with Crippen LogP contribution in [0, 0.1) is 0 Å². The van der Waals surface area contributed by atoms with Crippen LogP contribution in [0.1, 0.15) is 0 Å². The molecule has 2 rings (SSSR count). The predicted octanol–water partition coefficient (Wildman–Crippen LogP) is 1.52. The highest BCUT2D eigenvalue weighted by Gasteiger charge is 2.02. The SMILES string of the molecule is CNn1ccc2cccc(O)c21. The number of aromatic hydroxyl groups is 1. The van der Waals surface area contributed by atoms with Gasteiger partial charge in [0.05, 0.1) is 0 Å². The zero-order valence-corrected chi connectivity index (χ0v) is 6.78. The number of rotatable bonds is 1. The summed E-state index contributed by atoms with van der Waals surface area (Å²) in [7, 11) is 1.81. The second-order valence-electron chi connectivity index (χ2n) is 2.62. The molecule has 0 spiro atoms. The number of aromatic nitrogens is 1. The van der Waals surface area contributed by atoms with Crippen LogP contribution in [-0.2, 0) is 0 Å². The molecule has 3 heteroatoms. The van der Waals surface area contributed by atoms with Gasteiger partial charge in [-0.3, -0.25) is 4.68 Å². The third-order valence-electron chi connectivity index (χ3n) is 1.93. The molecule has 0 unspecified atom stereocenters. The van der Waals surface area contributed by atoms with Crippen molar-refractivity contribution in [2.24, 2.45) is 0 Å². The Morgan fingerprint density at radius 1 is 1.33 bits per heavy atom. The van der Waals surface area contributed by atoms with Crippen LogP contribution < -0.4 is 5.43 Å². The number of phenolic OH excluding ortho intramolecular Hbond substituents is 1. The second kappa shape index (κ2) is 2.44. The van der Waals surface area contributed by atoms with Crippen LogP contribution in [0.4, 0.5) is 0 Å². The van der Waals surface area contributed by atoms with Gasteiger partial charge in [0, 0.05) is 18.6 Å². The van der Waals surface area contributed by atoms with E-state index in [9.17, 15) is 5.11 Å². The van der Waals surface area contributed by atoms with Gasteiger partial charge in [0.25, 0.3) is 0 Å². The molecule has 0 atom stereocenters. The molecular weight excluding hydrogens is 152 g/mol. The van der Waals surface area contributed by atoms with E-state index in [-0.39, 0.29) is 0 Å². The zero-order chi connectivity index (χ0) is 8.55. The highest BCUT2D eigenvalue weighted by molar-refractivity contribution is 5.85. The summed E-state index contributed by atoms with van der Waals surface area (Å²) < 4.78 is 1.78. The lowest BCUT2D eigenvalue weighted by Gasteiger charge is -2.03. The molecule has 0 saturated carbocycles. The first-order valence-electron chi connectivity index (χ1n) is 3.80. The van der Waals surface area contributed by atoms with Gasteiger partial charge in [-0.2, -0.15) is 0 Å². The number of nitrogens with zero attached hydrogens (tertiary/aromatic N) is 1. The van der Waals surface area contributed by atoms with Gasteiger partial charge in [-0.1, -0.05) is 12.1 Å². The maximum Gasteiger partial charge on any atom is 0.141 e. The maximum absolute atomic E-state index is 9.51. The fraction of sp³-hybridized carbons (Fsp3) is 0.111. The Morgan fingerprint density at radius 2 is 2.17 bits per heavy atom. The average molecular weight is 162 g/mol. The lowest BCUT2D eigenvalue weighted by atomic mass is 10.2. The summed E-state index contributed by atoms with van der Waals surface area (Å²) >= 11 is 0. The molecule has 0 aliphatic rings. The summed E-state index contributed by atoms with van der Waals surface area (Å²) in [5, 5.41) is 10.5. The van der Waals surface area contributed by atoms with E-state index in [1.807, 2.05) is 31.4 Å². The Labute approximate surface area is 70.2 Å². The van der Waals surface area contributed by atoms with E-state index < -0.39 is 0 Å². The van der Waals surface area contributed by atoms with Crippen LogP contribution in [0.15, 0.2) is 30.5 Å². The van der Waals surface area contributed by atoms with Gasteiger partial charge < -0.3 is 10.5 Å². The lowest BCUT2D eigenvalue weighted by Crippen LogP contribution is -2.05. The van der Waals surface area contributed by atoms with Crippen LogP contribution >= 0.6 is 0 Å². The molecule has 2 aromatic rings. The summed E-state index contributed by atoms with van der Waals surface area (Å²) in [6.07, 6.45) is 1.88. The van der Waals surface area contributed by atoms with Gasteiger partial charge in [0.2, 0.25) is 0 Å². The van der Waals surface area contributed by atoms with Crippen LogP contribution in [-0.4, -0.2) is 16.8 Å². The molecule has 0 aliphatic carbocycles. The van der Waals surface area contributed by atoms with E-state index in [0.29, 0.717) is 5.75 Å². The molecule has 1 aromatic heterocycles. The predicted molar refractivity (Wildman–Crippen MR) is 48.9 cm³/mol. The Morgan fingerprint density at radius 3 is 2.92 bits per heavy atom. The molecule has 0 saturated heterocycles. The number of para-hydroxylation sites is 1. The van der Waals surface area contributed by atoms with Crippen molar-refractivity contribution in [1.82, 2.24) is 4.68 Å². The van der Waals surface area contributed by atoms with E-state index in [0.717, 1.165) is 10.9 Å². The molecule has 1 aromatic carbocycles. The second-order valence-corrected chi connectivity index (χ2v) is 2.62. The van der Waals surface area contributed by atoms with Crippen molar-refractivity contribution in [3.05, 3.63) is 30.5 Å². The van der Waals surface area contributed by atoms with Crippen LogP contribution in [0.5, 0.6) is 5.75 Å². The van der Waals surface area contributed by atoms with Crippen molar-refractivity contribution >= 4 is 10.9 Å². The van der Waals surface area contributed by atoms with Crippen LogP contribution in [0.25, 0.3) is 10.9 Å². The first-order valence-corrected chi connectivity index (χ1v) is 3.80. The van der Waals surface area contributed by atoms with Gasteiger partial charge in [-0.15, -0.1) is 0 Å². The first-order chi connectivity index (χ1) is 5.83. The minimum Gasteiger partial charge on any atom is -0.506 e. The van der Waals surface area contributed by atoms with Crippen molar-refractivity contribution < 1.29 is 5.11 Å². The molecule has 62 valence electrons. The van der Waals surface area contributed by atoms with Crippen molar-refractivity contribution in [3.8, 4) is 5.75 Å². The highest BCUT2D eigenvalue weighted by atomic mass is 16.3. The standard InChI is InChI=1S/C9H10N2O/c1-10-11-6-5-7-3-2-4-8(12)9(7)11/h2-6,10,12H,1H3. The van der Waals surface area contributed by atoms with Crippen molar-refractivity contribution in [3.63, 3.8) is 0 Å². The molecule has 0 bridgehead atoms. The number of phenols is 1. The first kappa shape index (κ1) is 7.03. The smallest absolute Gasteiger partial charge is 0.141 e. The summed E-state index contributed by atoms with van der Waals surface area (Å²) in [5.74, 6) is 0.298. The van der Waals surface area contributed by atoms with Crippen molar-refractivity contribution in [2.45, 2.75) is 0 Å². The maximum atomic E-state index is 9.51. The highest BCUT2D eigenvalue weighted by Crippen LogP contribution is 2.23. The van der Waals surface area contributed by atoms with E-state index >= 15 is 0 Å². The van der Waals surface area contributed by atoms with E-state index in [1.54, 1.807) is 10.7 Å². The third kappa shape index (κ3) is 0.830. The summed E-state index contributed by atoms with van der Waals surface area (Å²) in [4.78, 5) is 0. The Balaban J connectivity index is 2.83. The summed E-state index contributed by atoms with van der Waals surface area (Å²) in [5.41, 5.74) is 3.77. The van der Waals surface area contributed by atoms with Crippen molar-refractivity contribution in [2.75, 3.05) is 12.5 Å².